The highest BCUT2D eigenvalue weighted by molar-refractivity contribution is 5.79. The summed E-state index contributed by atoms with van der Waals surface area (Å²) < 4.78 is 24.1. The lowest BCUT2D eigenvalue weighted by atomic mass is 10.1. The number of rotatable bonds is 9. The Morgan fingerprint density at radius 2 is 1.89 bits per heavy atom. The third kappa shape index (κ3) is 6.57. The molecule has 2 aromatic rings. The Balaban J connectivity index is 1.96. The van der Waals surface area contributed by atoms with Crippen molar-refractivity contribution in [3.63, 3.8) is 0 Å². The van der Waals surface area contributed by atoms with Crippen LogP contribution >= 0.6 is 0 Å². The van der Waals surface area contributed by atoms with Gasteiger partial charge in [0, 0.05) is 25.8 Å². The largest absolute Gasteiger partial charge is 0.496 e. The van der Waals surface area contributed by atoms with Gasteiger partial charge < -0.3 is 20.1 Å². The summed E-state index contributed by atoms with van der Waals surface area (Å²) in [6, 6.07) is 13.0. The second-order valence-electron chi connectivity index (χ2n) is 6.04. The average Bonchev–Trinajstić information content (AvgIpc) is 2.69. The van der Waals surface area contributed by atoms with E-state index < -0.39 is 0 Å². The van der Waals surface area contributed by atoms with Gasteiger partial charge in [-0.25, -0.2) is 9.38 Å². The molecule has 2 N–H and O–H groups in total. The van der Waals surface area contributed by atoms with Gasteiger partial charge in [0.15, 0.2) is 5.96 Å². The predicted molar refractivity (Wildman–Crippen MR) is 107 cm³/mol. The molecule has 0 atom stereocenters. The number of benzene rings is 2. The fraction of sp³-hybridized carbons (Fsp3) is 0.381. The molecule has 0 saturated carbocycles. The van der Waals surface area contributed by atoms with Crippen molar-refractivity contribution in [3.05, 3.63) is 65.0 Å². The van der Waals surface area contributed by atoms with Gasteiger partial charge in [0.25, 0.3) is 0 Å². The van der Waals surface area contributed by atoms with Crippen LogP contribution in [-0.4, -0.2) is 33.3 Å². The van der Waals surface area contributed by atoms with Crippen molar-refractivity contribution in [2.24, 2.45) is 4.99 Å². The number of guanidine groups is 1. The predicted octanol–water partition coefficient (Wildman–Crippen LogP) is 3.28. The van der Waals surface area contributed by atoms with Gasteiger partial charge in [-0.05, 0) is 42.7 Å². The lowest BCUT2D eigenvalue weighted by Crippen LogP contribution is -2.38. The van der Waals surface area contributed by atoms with E-state index in [2.05, 4.69) is 21.7 Å². The molecule has 0 aliphatic rings. The van der Waals surface area contributed by atoms with E-state index in [9.17, 15) is 4.39 Å². The second kappa shape index (κ2) is 11.2. The minimum Gasteiger partial charge on any atom is -0.496 e. The maximum atomic E-state index is 13.7. The Kier molecular flexibility index (Phi) is 8.58. The lowest BCUT2D eigenvalue weighted by Gasteiger charge is -2.13. The molecule has 0 saturated heterocycles. The zero-order valence-electron chi connectivity index (χ0n) is 16.2. The molecule has 0 amide bonds. The van der Waals surface area contributed by atoms with Crippen molar-refractivity contribution in [1.29, 1.82) is 0 Å². The maximum absolute atomic E-state index is 13.7. The van der Waals surface area contributed by atoms with Crippen molar-refractivity contribution in [1.82, 2.24) is 10.6 Å². The van der Waals surface area contributed by atoms with Crippen LogP contribution in [0.1, 0.15) is 23.6 Å². The zero-order valence-corrected chi connectivity index (χ0v) is 16.2. The molecule has 0 spiro atoms. The van der Waals surface area contributed by atoms with Gasteiger partial charge in [0.1, 0.15) is 11.6 Å². The van der Waals surface area contributed by atoms with E-state index >= 15 is 0 Å². The molecular weight excluding hydrogens is 345 g/mol. The van der Waals surface area contributed by atoms with Crippen molar-refractivity contribution >= 4 is 5.96 Å². The first-order chi connectivity index (χ1) is 13.2. The second-order valence-corrected chi connectivity index (χ2v) is 6.04. The van der Waals surface area contributed by atoms with Gasteiger partial charge in [0.2, 0.25) is 0 Å². The van der Waals surface area contributed by atoms with E-state index in [-0.39, 0.29) is 12.4 Å². The number of para-hydroxylation sites is 1. The minimum absolute atomic E-state index is 0.251. The fourth-order valence-electron chi connectivity index (χ4n) is 2.73. The topological polar surface area (TPSA) is 54.9 Å². The molecule has 0 aliphatic heterocycles. The summed E-state index contributed by atoms with van der Waals surface area (Å²) in [6.07, 6.45) is 0.822. The molecule has 0 fully saturated rings. The number of aliphatic imine (C=N–C) groups is 1. The highest BCUT2D eigenvalue weighted by atomic mass is 19.1. The molecule has 6 heteroatoms. The Hall–Kier alpha value is -2.60. The number of methoxy groups -OCH3 is 2. The van der Waals surface area contributed by atoms with E-state index in [1.165, 1.54) is 6.07 Å². The molecule has 0 aliphatic carbocycles. The fourth-order valence-corrected chi connectivity index (χ4v) is 2.73. The first-order valence-corrected chi connectivity index (χ1v) is 9.08. The van der Waals surface area contributed by atoms with Crippen LogP contribution in [0.5, 0.6) is 5.75 Å². The van der Waals surface area contributed by atoms with Gasteiger partial charge in [-0.3, -0.25) is 0 Å². The number of nitrogens with one attached hydrogen (secondary N) is 2. The van der Waals surface area contributed by atoms with Gasteiger partial charge in [-0.2, -0.15) is 0 Å². The summed E-state index contributed by atoms with van der Waals surface area (Å²) in [4.78, 5) is 4.59. The molecule has 2 aromatic carbocycles. The summed E-state index contributed by atoms with van der Waals surface area (Å²) in [6.45, 7) is 4.22. The van der Waals surface area contributed by atoms with E-state index in [1.807, 2.05) is 25.1 Å². The van der Waals surface area contributed by atoms with E-state index in [1.54, 1.807) is 26.4 Å². The van der Waals surface area contributed by atoms with Gasteiger partial charge in [0.05, 0.1) is 20.3 Å². The van der Waals surface area contributed by atoms with Crippen molar-refractivity contribution in [3.8, 4) is 5.75 Å². The van der Waals surface area contributed by atoms with Crippen LogP contribution in [-0.2, 0) is 24.3 Å². The number of halogens is 1. The monoisotopic (exact) mass is 373 g/mol. The molecule has 146 valence electrons. The Labute approximate surface area is 160 Å². The van der Waals surface area contributed by atoms with Crippen LogP contribution in [0.4, 0.5) is 4.39 Å². The number of hydrogen-bond donors (Lipinski definition) is 2. The zero-order chi connectivity index (χ0) is 19.5. The van der Waals surface area contributed by atoms with Gasteiger partial charge in [-0.15, -0.1) is 0 Å². The Morgan fingerprint density at radius 3 is 2.63 bits per heavy atom. The van der Waals surface area contributed by atoms with E-state index in [0.717, 1.165) is 42.3 Å². The van der Waals surface area contributed by atoms with Crippen LogP contribution in [0, 0.1) is 5.82 Å². The molecule has 0 unspecified atom stereocenters. The first-order valence-electron chi connectivity index (χ1n) is 9.08. The normalized spacial score (nSPS) is 11.3. The third-order valence-electron chi connectivity index (χ3n) is 4.05. The first kappa shape index (κ1) is 20.7. The smallest absolute Gasteiger partial charge is 0.191 e. The molecular formula is C21H28FN3O2. The quantitative estimate of drug-likeness (QED) is 0.523. The molecule has 0 aromatic heterocycles. The minimum atomic E-state index is -0.258. The van der Waals surface area contributed by atoms with Crippen molar-refractivity contribution < 1.29 is 13.9 Å². The van der Waals surface area contributed by atoms with Gasteiger partial charge in [-0.1, -0.05) is 24.3 Å². The van der Waals surface area contributed by atoms with Crippen LogP contribution in [0.3, 0.4) is 0 Å². The number of nitrogens with zero attached hydrogens (tertiary/aromatic N) is 1. The molecule has 27 heavy (non-hydrogen) atoms. The molecule has 0 heterocycles. The standard InChI is InChI=1S/C21H28FN3O2/c1-4-23-21(24-12-11-17-7-5-6-8-20(17)27-3)25-14-16-9-10-19(22)18(13-16)15-26-2/h5-10,13H,4,11-12,14-15H2,1-3H3,(H2,23,24,25). The maximum Gasteiger partial charge on any atom is 0.191 e. The SMILES string of the molecule is CCNC(=NCc1ccc(F)c(COC)c1)NCCc1ccccc1OC. The van der Waals surface area contributed by atoms with Crippen molar-refractivity contribution in [2.75, 3.05) is 27.3 Å². The molecule has 0 bridgehead atoms. The Morgan fingerprint density at radius 1 is 1.07 bits per heavy atom. The number of ether oxygens (including phenoxy) is 2. The highest BCUT2D eigenvalue weighted by Gasteiger charge is 2.05. The van der Waals surface area contributed by atoms with E-state index in [0.29, 0.717) is 12.1 Å². The highest BCUT2D eigenvalue weighted by Crippen LogP contribution is 2.17. The third-order valence-corrected chi connectivity index (χ3v) is 4.05. The Bertz CT molecular complexity index is 750. The van der Waals surface area contributed by atoms with Crippen LogP contribution in [0.2, 0.25) is 0 Å². The van der Waals surface area contributed by atoms with Crippen LogP contribution in [0.15, 0.2) is 47.5 Å². The van der Waals surface area contributed by atoms with Crippen LogP contribution in [0.25, 0.3) is 0 Å². The summed E-state index contributed by atoms with van der Waals surface area (Å²) in [5.41, 5.74) is 2.62. The summed E-state index contributed by atoms with van der Waals surface area (Å²) in [7, 11) is 3.23. The molecule has 5 nitrogen and oxygen atoms in total. The summed E-state index contributed by atoms with van der Waals surface area (Å²) >= 11 is 0. The van der Waals surface area contributed by atoms with Crippen LogP contribution < -0.4 is 15.4 Å². The number of hydrogen-bond acceptors (Lipinski definition) is 3. The average molecular weight is 373 g/mol. The summed E-state index contributed by atoms with van der Waals surface area (Å²) in [5, 5.41) is 6.55. The molecule has 2 rings (SSSR count). The van der Waals surface area contributed by atoms with Gasteiger partial charge >= 0.3 is 0 Å². The molecule has 0 radical (unpaired) electrons. The summed E-state index contributed by atoms with van der Waals surface area (Å²) in [5.74, 6) is 1.36. The van der Waals surface area contributed by atoms with Crippen molar-refractivity contribution in [2.45, 2.75) is 26.5 Å². The van der Waals surface area contributed by atoms with E-state index in [4.69, 9.17) is 9.47 Å². The lowest BCUT2D eigenvalue weighted by molar-refractivity contribution is 0.181.